The van der Waals surface area contributed by atoms with Crippen molar-refractivity contribution < 1.29 is 0 Å². The molecular weight excluding hydrogens is 224 g/mol. The Labute approximate surface area is 110 Å². The Morgan fingerprint density at radius 1 is 1.44 bits per heavy atom. The fourth-order valence-corrected chi connectivity index (χ4v) is 2.84. The van der Waals surface area contributed by atoms with Gasteiger partial charge in [-0.2, -0.15) is 0 Å². The van der Waals surface area contributed by atoms with Gasteiger partial charge in [0.05, 0.1) is 0 Å². The van der Waals surface area contributed by atoms with Crippen LogP contribution in [0, 0.1) is 5.92 Å². The standard InChI is InChI=1S/C14H26N4/c1-17(12-14-3-2-7-16-14)11-13-4-8-18(9-5-13)10-6-15/h2-3,7,13,16H,4-6,8-12,15H2,1H3. The summed E-state index contributed by atoms with van der Waals surface area (Å²) >= 11 is 0. The molecule has 102 valence electrons. The largest absolute Gasteiger partial charge is 0.364 e. The summed E-state index contributed by atoms with van der Waals surface area (Å²) in [6, 6.07) is 4.22. The molecule has 2 rings (SSSR count). The van der Waals surface area contributed by atoms with Gasteiger partial charge in [-0.15, -0.1) is 0 Å². The number of rotatable bonds is 6. The molecule has 3 N–H and O–H groups in total. The second kappa shape index (κ2) is 6.92. The summed E-state index contributed by atoms with van der Waals surface area (Å²) in [4.78, 5) is 8.18. The lowest BCUT2D eigenvalue weighted by Gasteiger charge is -2.33. The van der Waals surface area contributed by atoms with Crippen LogP contribution < -0.4 is 5.73 Å². The second-order valence-electron chi connectivity index (χ2n) is 5.47. The zero-order chi connectivity index (χ0) is 12.8. The maximum atomic E-state index is 5.60. The van der Waals surface area contributed by atoms with Crippen LogP contribution in [0.5, 0.6) is 0 Å². The van der Waals surface area contributed by atoms with Crippen molar-refractivity contribution in [1.82, 2.24) is 14.8 Å². The summed E-state index contributed by atoms with van der Waals surface area (Å²) < 4.78 is 0. The quantitative estimate of drug-likeness (QED) is 0.795. The first-order valence-electron chi connectivity index (χ1n) is 7.01. The topological polar surface area (TPSA) is 48.3 Å². The zero-order valence-corrected chi connectivity index (χ0v) is 11.4. The SMILES string of the molecule is CN(Cc1ccc[nH]1)CC1CCN(CCN)CC1. The van der Waals surface area contributed by atoms with E-state index in [0.717, 1.165) is 25.6 Å². The fraction of sp³-hybridized carbons (Fsp3) is 0.714. The molecule has 4 heteroatoms. The predicted octanol–water partition coefficient (Wildman–Crippen LogP) is 1.12. The Balaban J connectivity index is 1.68. The number of aromatic nitrogens is 1. The summed E-state index contributed by atoms with van der Waals surface area (Å²) in [6.45, 7) is 6.52. The number of likely N-dealkylation sites (tertiary alicyclic amines) is 1. The van der Waals surface area contributed by atoms with Gasteiger partial charge in [-0.1, -0.05) is 0 Å². The predicted molar refractivity (Wildman–Crippen MR) is 75.3 cm³/mol. The lowest BCUT2D eigenvalue weighted by Crippen LogP contribution is -2.39. The number of aromatic amines is 1. The highest BCUT2D eigenvalue weighted by Gasteiger charge is 2.19. The van der Waals surface area contributed by atoms with Crippen LogP contribution in [0.15, 0.2) is 18.3 Å². The summed E-state index contributed by atoms with van der Waals surface area (Å²) in [5, 5.41) is 0. The number of piperidine rings is 1. The third-order valence-corrected chi connectivity index (χ3v) is 3.82. The van der Waals surface area contributed by atoms with Crippen LogP contribution in [0.1, 0.15) is 18.5 Å². The van der Waals surface area contributed by atoms with Crippen LogP contribution >= 0.6 is 0 Å². The molecule has 0 unspecified atom stereocenters. The summed E-state index contributed by atoms with van der Waals surface area (Å²) in [5.74, 6) is 0.846. The van der Waals surface area contributed by atoms with E-state index in [9.17, 15) is 0 Å². The highest BCUT2D eigenvalue weighted by molar-refractivity contribution is 5.03. The summed E-state index contributed by atoms with van der Waals surface area (Å²) in [6.07, 6.45) is 4.62. The molecule has 18 heavy (non-hydrogen) atoms. The molecule has 1 aliphatic heterocycles. The lowest BCUT2D eigenvalue weighted by molar-refractivity contribution is 0.154. The van der Waals surface area contributed by atoms with Crippen molar-refractivity contribution in [2.24, 2.45) is 11.7 Å². The first-order chi connectivity index (χ1) is 8.78. The van der Waals surface area contributed by atoms with E-state index < -0.39 is 0 Å². The smallest absolute Gasteiger partial charge is 0.0382 e. The van der Waals surface area contributed by atoms with E-state index in [2.05, 4.69) is 34.0 Å². The second-order valence-corrected chi connectivity index (χ2v) is 5.47. The minimum absolute atomic E-state index is 0.789. The van der Waals surface area contributed by atoms with Gasteiger partial charge < -0.3 is 20.5 Å². The Morgan fingerprint density at radius 2 is 2.22 bits per heavy atom. The van der Waals surface area contributed by atoms with Gasteiger partial charge >= 0.3 is 0 Å². The van der Waals surface area contributed by atoms with Crippen molar-refractivity contribution in [3.63, 3.8) is 0 Å². The van der Waals surface area contributed by atoms with Crippen molar-refractivity contribution in [3.05, 3.63) is 24.0 Å². The molecule has 0 amide bonds. The van der Waals surface area contributed by atoms with Gasteiger partial charge in [-0.3, -0.25) is 0 Å². The minimum atomic E-state index is 0.789. The summed E-state index contributed by atoms with van der Waals surface area (Å²) in [5.41, 5.74) is 6.90. The van der Waals surface area contributed by atoms with E-state index >= 15 is 0 Å². The number of H-pyrrole nitrogens is 1. The van der Waals surface area contributed by atoms with Crippen molar-refractivity contribution in [2.75, 3.05) is 39.8 Å². The van der Waals surface area contributed by atoms with Gasteiger partial charge in [0.1, 0.15) is 0 Å². The Bertz CT molecular complexity index is 315. The number of nitrogens with zero attached hydrogens (tertiary/aromatic N) is 2. The number of hydrogen-bond donors (Lipinski definition) is 2. The first-order valence-corrected chi connectivity index (χ1v) is 7.01. The average Bonchev–Trinajstić information content (AvgIpc) is 2.84. The molecule has 0 atom stereocenters. The van der Waals surface area contributed by atoms with Crippen LogP contribution in [-0.4, -0.2) is 54.6 Å². The van der Waals surface area contributed by atoms with Crippen LogP contribution in [0.4, 0.5) is 0 Å². The van der Waals surface area contributed by atoms with Crippen molar-refractivity contribution >= 4 is 0 Å². The third-order valence-electron chi connectivity index (χ3n) is 3.82. The normalized spacial score (nSPS) is 18.6. The molecular formula is C14H26N4. The Kier molecular flexibility index (Phi) is 5.23. The molecule has 2 heterocycles. The van der Waals surface area contributed by atoms with E-state index in [-0.39, 0.29) is 0 Å². The molecule has 1 aromatic rings. The van der Waals surface area contributed by atoms with Crippen LogP contribution in [-0.2, 0) is 6.54 Å². The molecule has 1 aliphatic rings. The lowest BCUT2D eigenvalue weighted by atomic mass is 9.96. The molecule has 4 nitrogen and oxygen atoms in total. The van der Waals surface area contributed by atoms with Gasteiger partial charge in [0.2, 0.25) is 0 Å². The maximum Gasteiger partial charge on any atom is 0.0382 e. The van der Waals surface area contributed by atoms with Gasteiger partial charge in [0, 0.05) is 38.1 Å². The zero-order valence-electron chi connectivity index (χ0n) is 11.4. The molecule has 0 spiro atoms. The van der Waals surface area contributed by atoms with Crippen LogP contribution in [0.2, 0.25) is 0 Å². The molecule has 1 saturated heterocycles. The van der Waals surface area contributed by atoms with Crippen molar-refractivity contribution in [2.45, 2.75) is 19.4 Å². The van der Waals surface area contributed by atoms with E-state index in [1.54, 1.807) is 0 Å². The molecule has 0 bridgehead atoms. The first kappa shape index (κ1) is 13.6. The van der Waals surface area contributed by atoms with Gasteiger partial charge in [-0.25, -0.2) is 0 Å². The number of nitrogens with two attached hydrogens (primary N) is 1. The number of hydrogen-bond acceptors (Lipinski definition) is 3. The molecule has 0 saturated carbocycles. The number of nitrogens with one attached hydrogen (secondary N) is 1. The van der Waals surface area contributed by atoms with Crippen LogP contribution in [0.25, 0.3) is 0 Å². The van der Waals surface area contributed by atoms with Crippen LogP contribution in [0.3, 0.4) is 0 Å². The van der Waals surface area contributed by atoms with E-state index in [1.165, 1.54) is 38.2 Å². The van der Waals surface area contributed by atoms with Crippen molar-refractivity contribution in [3.8, 4) is 0 Å². The fourth-order valence-electron chi connectivity index (χ4n) is 2.84. The highest BCUT2D eigenvalue weighted by Crippen LogP contribution is 2.18. The molecule has 1 fully saturated rings. The van der Waals surface area contributed by atoms with Gasteiger partial charge in [0.15, 0.2) is 0 Å². The third kappa shape index (κ3) is 4.12. The Hall–Kier alpha value is -0.840. The average molecular weight is 250 g/mol. The Morgan fingerprint density at radius 3 is 2.83 bits per heavy atom. The summed E-state index contributed by atoms with van der Waals surface area (Å²) in [7, 11) is 2.22. The molecule has 0 aliphatic carbocycles. The van der Waals surface area contributed by atoms with Crippen molar-refractivity contribution in [1.29, 1.82) is 0 Å². The molecule has 0 aromatic carbocycles. The highest BCUT2D eigenvalue weighted by atomic mass is 15.1. The van der Waals surface area contributed by atoms with E-state index in [1.807, 2.05) is 6.20 Å². The van der Waals surface area contributed by atoms with E-state index in [0.29, 0.717) is 0 Å². The minimum Gasteiger partial charge on any atom is -0.364 e. The van der Waals surface area contributed by atoms with Gasteiger partial charge in [0.25, 0.3) is 0 Å². The van der Waals surface area contributed by atoms with E-state index in [4.69, 9.17) is 5.73 Å². The van der Waals surface area contributed by atoms with Gasteiger partial charge in [-0.05, 0) is 51.0 Å². The molecule has 1 aromatic heterocycles. The molecule has 0 radical (unpaired) electrons. The maximum absolute atomic E-state index is 5.60. The monoisotopic (exact) mass is 250 g/mol.